The summed E-state index contributed by atoms with van der Waals surface area (Å²) in [4.78, 5) is 0. The van der Waals surface area contributed by atoms with Gasteiger partial charge >= 0.3 is 0 Å². The van der Waals surface area contributed by atoms with E-state index in [1.54, 1.807) is 17.7 Å². The minimum Gasteiger partial charge on any atom is -0.497 e. The van der Waals surface area contributed by atoms with E-state index in [-0.39, 0.29) is 0 Å². The zero-order valence-electron chi connectivity index (χ0n) is 10.9. The second kappa shape index (κ2) is 4.31. The summed E-state index contributed by atoms with van der Waals surface area (Å²) in [5.41, 5.74) is 3.37. The van der Waals surface area contributed by atoms with E-state index in [2.05, 4.69) is 5.10 Å². The summed E-state index contributed by atoms with van der Waals surface area (Å²) in [6.45, 7) is 3.83. The van der Waals surface area contributed by atoms with Crippen molar-refractivity contribution in [3.05, 3.63) is 40.7 Å². The van der Waals surface area contributed by atoms with Gasteiger partial charge in [0.25, 0.3) is 0 Å². The summed E-state index contributed by atoms with van der Waals surface area (Å²) >= 11 is 6.32. The Balaban J connectivity index is 2.26. The van der Waals surface area contributed by atoms with Crippen LogP contribution in [0.25, 0.3) is 17.0 Å². The fourth-order valence-electron chi connectivity index (χ4n) is 2.18. The Hall–Kier alpha value is -1.94. The predicted molar refractivity (Wildman–Crippen MR) is 73.9 cm³/mol. The summed E-state index contributed by atoms with van der Waals surface area (Å²) in [6.07, 6.45) is 0. The van der Waals surface area contributed by atoms with Gasteiger partial charge in [-0.15, -0.1) is 0 Å². The molecule has 0 unspecified atom stereocenters. The third-order valence-electron chi connectivity index (χ3n) is 3.03. The summed E-state index contributed by atoms with van der Waals surface area (Å²) in [5, 5.41) is 5.04. The van der Waals surface area contributed by atoms with E-state index in [0.717, 1.165) is 34.2 Å². The van der Waals surface area contributed by atoms with Crippen molar-refractivity contribution >= 4 is 17.3 Å². The first-order valence-electron chi connectivity index (χ1n) is 5.90. The molecule has 0 fully saturated rings. The van der Waals surface area contributed by atoms with Gasteiger partial charge in [0, 0.05) is 11.6 Å². The minimum atomic E-state index is 0.610. The Labute approximate surface area is 115 Å². The number of methoxy groups -OCH3 is 1. The van der Waals surface area contributed by atoms with Gasteiger partial charge in [0.15, 0.2) is 0 Å². The van der Waals surface area contributed by atoms with Crippen LogP contribution in [-0.4, -0.2) is 16.7 Å². The van der Waals surface area contributed by atoms with Crippen molar-refractivity contribution in [2.75, 3.05) is 7.11 Å². The van der Waals surface area contributed by atoms with E-state index in [0.29, 0.717) is 5.02 Å². The molecule has 0 saturated heterocycles. The molecule has 0 aliphatic heterocycles. The topological polar surface area (TPSA) is 39.7 Å². The molecule has 0 aliphatic carbocycles. The zero-order chi connectivity index (χ0) is 13.6. The smallest absolute Gasteiger partial charge is 0.222 e. The second-order valence-corrected chi connectivity index (χ2v) is 4.80. The van der Waals surface area contributed by atoms with Crippen LogP contribution in [0.4, 0.5) is 0 Å². The number of benzene rings is 1. The van der Waals surface area contributed by atoms with E-state index in [1.807, 2.05) is 32.0 Å². The number of oxazole rings is 1. The molecule has 0 aliphatic rings. The first-order valence-corrected chi connectivity index (χ1v) is 6.27. The molecule has 2 heterocycles. The number of ether oxygens (including phenoxy) is 1. The van der Waals surface area contributed by atoms with E-state index in [9.17, 15) is 0 Å². The molecule has 5 heteroatoms. The number of aryl methyl sites for hydroxylation is 2. The summed E-state index contributed by atoms with van der Waals surface area (Å²) < 4.78 is 12.6. The van der Waals surface area contributed by atoms with Crippen LogP contribution in [0.5, 0.6) is 5.75 Å². The van der Waals surface area contributed by atoms with E-state index < -0.39 is 0 Å². The summed E-state index contributed by atoms with van der Waals surface area (Å²) in [6, 6.07) is 7.46. The Morgan fingerprint density at radius 1 is 1.26 bits per heavy atom. The predicted octanol–water partition coefficient (Wildman–Crippen LogP) is 3.87. The van der Waals surface area contributed by atoms with Crippen molar-refractivity contribution in [3.63, 3.8) is 0 Å². The fourth-order valence-corrected chi connectivity index (χ4v) is 2.44. The third-order valence-corrected chi connectivity index (χ3v) is 3.35. The molecule has 0 radical (unpaired) electrons. The van der Waals surface area contributed by atoms with Crippen molar-refractivity contribution < 1.29 is 9.15 Å². The number of halogens is 1. The lowest BCUT2D eigenvalue weighted by Crippen LogP contribution is -1.92. The van der Waals surface area contributed by atoms with Gasteiger partial charge in [0.05, 0.1) is 17.8 Å². The molecule has 19 heavy (non-hydrogen) atoms. The largest absolute Gasteiger partial charge is 0.497 e. The van der Waals surface area contributed by atoms with Gasteiger partial charge in [-0.1, -0.05) is 11.6 Å². The lowest BCUT2D eigenvalue weighted by atomic mass is 10.1. The quantitative estimate of drug-likeness (QED) is 0.713. The first kappa shape index (κ1) is 12.1. The maximum absolute atomic E-state index is 6.32. The number of hydrogen-bond donors (Lipinski definition) is 0. The van der Waals surface area contributed by atoms with Gasteiger partial charge in [-0.3, -0.25) is 0 Å². The van der Waals surface area contributed by atoms with Crippen molar-refractivity contribution in [2.45, 2.75) is 13.8 Å². The normalized spacial score (nSPS) is 11.2. The van der Waals surface area contributed by atoms with Gasteiger partial charge in [-0.05, 0) is 32.0 Å². The lowest BCUT2D eigenvalue weighted by molar-refractivity contribution is 0.415. The van der Waals surface area contributed by atoms with Crippen LogP contribution >= 0.6 is 11.6 Å². The molecule has 98 valence electrons. The van der Waals surface area contributed by atoms with Gasteiger partial charge in [-0.25, -0.2) is 0 Å². The fraction of sp³-hybridized carbons (Fsp3) is 0.214. The maximum Gasteiger partial charge on any atom is 0.222 e. The Kier molecular flexibility index (Phi) is 2.75. The molecule has 0 saturated carbocycles. The molecule has 0 amide bonds. The van der Waals surface area contributed by atoms with Gasteiger partial charge < -0.3 is 9.15 Å². The number of fused-ring (bicyclic) bond motifs is 1. The van der Waals surface area contributed by atoms with Crippen LogP contribution in [0.2, 0.25) is 5.02 Å². The highest BCUT2D eigenvalue weighted by Crippen LogP contribution is 2.34. The number of hydrogen-bond acceptors (Lipinski definition) is 3. The minimum absolute atomic E-state index is 0.610. The molecule has 1 aromatic carbocycles. The molecular weight excluding hydrogens is 264 g/mol. The van der Waals surface area contributed by atoms with Crippen LogP contribution < -0.4 is 4.74 Å². The van der Waals surface area contributed by atoms with Crippen LogP contribution in [0.15, 0.2) is 28.7 Å². The van der Waals surface area contributed by atoms with Crippen molar-refractivity contribution in [3.8, 4) is 17.0 Å². The summed E-state index contributed by atoms with van der Waals surface area (Å²) in [7, 11) is 1.61. The third kappa shape index (κ3) is 1.88. The Morgan fingerprint density at radius 3 is 2.74 bits per heavy atom. The zero-order valence-corrected chi connectivity index (χ0v) is 11.7. The monoisotopic (exact) mass is 276 g/mol. The number of rotatable bonds is 2. The molecule has 3 rings (SSSR count). The summed E-state index contributed by atoms with van der Waals surface area (Å²) in [5.74, 6) is 1.51. The molecule has 4 nitrogen and oxygen atoms in total. The van der Waals surface area contributed by atoms with Crippen molar-refractivity contribution in [2.24, 2.45) is 0 Å². The molecule has 0 atom stereocenters. The molecule has 3 aromatic rings. The molecule has 0 spiro atoms. The lowest BCUT2D eigenvalue weighted by Gasteiger charge is -2.06. The van der Waals surface area contributed by atoms with Gasteiger partial charge in [-0.2, -0.15) is 9.61 Å². The van der Waals surface area contributed by atoms with E-state index in [4.69, 9.17) is 20.8 Å². The second-order valence-electron chi connectivity index (χ2n) is 4.39. The Morgan fingerprint density at radius 2 is 2.05 bits per heavy atom. The van der Waals surface area contributed by atoms with E-state index >= 15 is 0 Å². The van der Waals surface area contributed by atoms with Crippen LogP contribution in [0.1, 0.15) is 11.5 Å². The highest BCUT2D eigenvalue weighted by Gasteiger charge is 2.17. The Bertz CT molecular complexity index is 758. The van der Waals surface area contributed by atoms with Crippen molar-refractivity contribution in [1.82, 2.24) is 9.61 Å². The average Bonchev–Trinajstić information content (AvgIpc) is 2.84. The number of nitrogens with zero attached hydrogens (tertiary/aromatic N) is 2. The number of aromatic nitrogens is 2. The average molecular weight is 277 g/mol. The molecule has 0 N–H and O–H groups in total. The SMILES string of the molecule is COc1ccc(-c2c(C)oc3cc(C)nn23)c(Cl)c1. The molecular formula is C14H13ClN2O2. The molecule has 2 aromatic heterocycles. The standard InChI is InChI=1S/C14H13ClN2O2/c1-8-6-13-17(16-8)14(9(2)19-13)11-5-4-10(18-3)7-12(11)15/h4-7H,1-3H3. The maximum atomic E-state index is 6.32. The van der Waals surface area contributed by atoms with Gasteiger partial charge in [0.1, 0.15) is 17.2 Å². The van der Waals surface area contributed by atoms with E-state index in [1.165, 1.54) is 0 Å². The van der Waals surface area contributed by atoms with Crippen molar-refractivity contribution in [1.29, 1.82) is 0 Å². The highest BCUT2D eigenvalue weighted by molar-refractivity contribution is 6.33. The van der Waals surface area contributed by atoms with Crippen LogP contribution in [0, 0.1) is 13.8 Å². The first-order chi connectivity index (χ1) is 9.10. The highest BCUT2D eigenvalue weighted by atomic mass is 35.5. The van der Waals surface area contributed by atoms with Crippen LogP contribution in [0.3, 0.4) is 0 Å². The van der Waals surface area contributed by atoms with Gasteiger partial charge in [0.2, 0.25) is 5.71 Å². The molecule has 0 bridgehead atoms. The van der Waals surface area contributed by atoms with Crippen LogP contribution in [-0.2, 0) is 0 Å².